The molecule has 94 valence electrons. The largest absolute Gasteiger partial charge is 0.317 e. The Morgan fingerprint density at radius 1 is 1.24 bits per heavy atom. The fourth-order valence-electron chi connectivity index (χ4n) is 2.21. The van der Waals surface area contributed by atoms with E-state index in [4.69, 9.17) is 0 Å². The van der Waals surface area contributed by atoms with Crippen LogP contribution in [-0.4, -0.2) is 13.1 Å². The summed E-state index contributed by atoms with van der Waals surface area (Å²) in [5.41, 5.74) is 0.734. The number of likely N-dealkylation sites (N-methyl/N-ethyl adjacent to an activating group) is 1. The molecule has 0 amide bonds. The molecule has 1 aliphatic rings. The van der Waals surface area contributed by atoms with Crippen molar-refractivity contribution < 1.29 is 8.78 Å². The highest BCUT2D eigenvalue weighted by molar-refractivity contribution is 5.18. The first-order valence-electron chi connectivity index (χ1n) is 6.29. The summed E-state index contributed by atoms with van der Waals surface area (Å²) in [6.45, 7) is 0. The molecule has 0 aliphatic heterocycles. The first-order chi connectivity index (χ1) is 8.17. The van der Waals surface area contributed by atoms with Crippen LogP contribution in [0, 0.1) is 17.6 Å². The van der Waals surface area contributed by atoms with Gasteiger partial charge in [0, 0.05) is 12.1 Å². The van der Waals surface area contributed by atoms with Crippen LogP contribution in [0.3, 0.4) is 0 Å². The lowest BCUT2D eigenvalue weighted by atomic mass is 10.0. The van der Waals surface area contributed by atoms with E-state index in [0.29, 0.717) is 12.5 Å². The van der Waals surface area contributed by atoms with Gasteiger partial charge in [0.05, 0.1) is 0 Å². The van der Waals surface area contributed by atoms with Crippen molar-refractivity contribution in [2.24, 2.45) is 5.92 Å². The zero-order valence-corrected chi connectivity index (χ0v) is 10.2. The van der Waals surface area contributed by atoms with E-state index in [1.54, 1.807) is 0 Å². The monoisotopic (exact) mass is 239 g/mol. The van der Waals surface area contributed by atoms with Gasteiger partial charge in [-0.1, -0.05) is 12.8 Å². The van der Waals surface area contributed by atoms with Crippen LogP contribution in [0.4, 0.5) is 8.78 Å². The maximum atomic E-state index is 13.0. The van der Waals surface area contributed by atoms with Crippen LogP contribution >= 0.6 is 0 Å². The molecule has 1 aliphatic carbocycles. The van der Waals surface area contributed by atoms with Crippen molar-refractivity contribution in [3.8, 4) is 0 Å². The lowest BCUT2D eigenvalue weighted by Crippen LogP contribution is -2.27. The molecule has 1 atom stereocenters. The molecule has 1 aromatic carbocycles. The fourth-order valence-corrected chi connectivity index (χ4v) is 2.21. The Hall–Kier alpha value is -0.960. The predicted octanol–water partition coefficient (Wildman–Crippen LogP) is 3.29. The Bertz CT molecular complexity index is 354. The molecule has 1 aromatic rings. The van der Waals surface area contributed by atoms with E-state index in [9.17, 15) is 8.78 Å². The molecule has 3 heteroatoms. The highest BCUT2D eigenvalue weighted by Gasteiger charge is 2.22. The summed E-state index contributed by atoms with van der Waals surface area (Å²) in [5.74, 6) is -0.0795. The Morgan fingerprint density at radius 2 is 1.88 bits per heavy atom. The smallest absolute Gasteiger partial charge is 0.126 e. The maximum Gasteiger partial charge on any atom is 0.126 e. The average molecular weight is 239 g/mol. The van der Waals surface area contributed by atoms with E-state index in [1.165, 1.54) is 31.4 Å². The molecule has 0 heterocycles. The lowest BCUT2D eigenvalue weighted by molar-refractivity contribution is 0.482. The third-order valence-corrected chi connectivity index (χ3v) is 3.43. The van der Waals surface area contributed by atoms with E-state index in [-0.39, 0.29) is 0 Å². The van der Waals surface area contributed by atoms with Gasteiger partial charge in [0.25, 0.3) is 0 Å². The Kier molecular flexibility index (Phi) is 4.11. The third kappa shape index (κ3) is 4.08. The molecule has 0 bridgehead atoms. The number of hydrogen-bond acceptors (Lipinski definition) is 1. The second kappa shape index (κ2) is 5.58. The third-order valence-electron chi connectivity index (χ3n) is 3.43. The summed E-state index contributed by atoms with van der Waals surface area (Å²) < 4.78 is 26.1. The number of rotatable bonds is 6. The SMILES string of the molecule is CNC(CCC1CC1)Cc1cc(F)cc(F)c1. The molecule has 0 saturated heterocycles. The first-order valence-corrected chi connectivity index (χ1v) is 6.29. The highest BCUT2D eigenvalue weighted by Crippen LogP contribution is 2.34. The van der Waals surface area contributed by atoms with E-state index >= 15 is 0 Å². The van der Waals surface area contributed by atoms with Crippen molar-refractivity contribution >= 4 is 0 Å². The van der Waals surface area contributed by atoms with Crippen molar-refractivity contribution in [1.82, 2.24) is 5.32 Å². The molecule has 0 aromatic heterocycles. The summed E-state index contributed by atoms with van der Waals surface area (Å²) in [5, 5.41) is 3.23. The van der Waals surface area contributed by atoms with Gasteiger partial charge in [0.2, 0.25) is 0 Å². The van der Waals surface area contributed by atoms with Crippen LogP contribution in [0.15, 0.2) is 18.2 Å². The molecule has 1 unspecified atom stereocenters. The number of halogens is 2. The van der Waals surface area contributed by atoms with Gasteiger partial charge in [-0.2, -0.15) is 0 Å². The zero-order chi connectivity index (χ0) is 12.3. The van der Waals surface area contributed by atoms with Gasteiger partial charge >= 0.3 is 0 Å². The number of nitrogens with one attached hydrogen (secondary N) is 1. The summed E-state index contributed by atoms with van der Waals surface area (Å²) in [6.07, 6.45) is 5.70. The van der Waals surface area contributed by atoms with Crippen molar-refractivity contribution in [2.75, 3.05) is 7.05 Å². The minimum Gasteiger partial charge on any atom is -0.317 e. The van der Waals surface area contributed by atoms with Gasteiger partial charge in [-0.3, -0.25) is 0 Å². The average Bonchev–Trinajstić information content (AvgIpc) is 3.06. The van der Waals surface area contributed by atoms with Gasteiger partial charge in [-0.25, -0.2) is 8.78 Å². The van der Waals surface area contributed by atoms with Crippen molar-refractivity contribution in [3.05, 3.63) is 35.4 Å². The molecule has 1 nitrogen and oxygen atoms in total. The van der Waals surface area contributed by atoms with Gasteiger partial charge in [-0.05, 0) is 49.9 Å². The van der Waals surface area contributed by atoms with Crippen molar-refractivity contribution in [1.29, 1.82) is 0 Å². The van der Waals surface area contributed by atoms with Crippen LogP contribution in [0.25, 0.3) is 0 Å². The van der Waals surface area contributed by atoms with Gasteiger partial charge in [0.15, 0.2) is 0 Å². The highest BCUT2D eigenvalue weighted by atomic mass is 19.1. The van der Waals surface area contributed by atoms with Gasteiger partial charge < -0.3 is 5.32 Å². The zero-order valence-electron chi connectivity index (χ0n) is 10.2. The number of hydrogen-bond donors (Lipinski definition) is 1. The van der Waals surface area contributed by atoms with Gasteiger partial charge in [0.1, 0.15) is 11.6 Å². The summed E-state index contributed by atoms with van der Waals surface area (Å²) in [6, 6.07) is 4.08. The Morgan fingerprint density at radius 3 is 2.41 bits per heavy atom. The fraction of sp³-hybridized carbons (Fsp3) is 0.571. The Balaban J connectivity index is 1.91. The minimum absolute atomic E-state index is 0.316. The van der Waals surface area contributed by atoms with Crippen LogP contribution in [0.2, 0.25) is 0 Å². The normalized spacial score (nSPS) is 17.1. The maximum absolute atomic E-state index is 13.0. The molecule has 1 fully saturated rings. The molecular weight excluding hydrogens is 220 g/mol. The molecule has 0 radical (unpaired) electrons. The lowest BCUT2D eigenvalue weighted by Gasteiger charge is -2.16. The molecule has 1 saturated carbocycles. The van der Waals surface area contributed by atoms with E-state index < -0.39 is 11.6 Å². The molecule has 1 N–H and O–H groups in total. The number of benzene rings is 1. The van der Waals surface area contributed by atoms with Crippen LogP contribution in [-0.2, 0) is 6.42 Å². The molecule has 2 rings (SSSR count). The summed E-state index contributed by atoms with van der Waals surface area (Å²) in [4.78, 5) is 0. The van der Waals surface area contributed by atoms with Crippen LogP contribution < -0.4 is 5.32 Å². The van der Waals surface area contributed by atoms with Crippen molar-refractivity contribution in [2.45, 2.75) is 38.1 Å². The second-order valence-corrected chi connectivity index (χ2v) is 4.99. The van der Waals surface area contributed by atoms with Crippen LogP contribution in [0.1, 0.15) is 31.2 Å². The second-order valence-electron chi connectivity index (χ2n) is 4.99. The van der Waals surface area contributed by atoms with E-state index in [2.05, 4.69) is 5.32 Å². The van der Waals surface area contributed by atoms with E-state index in [0.717, 1.165) is 24.0 Å². The first kappa shape index (κ1) is 12.5. The van der Waals surface area contributed by atoms with Gasteiger partial charge in [-0.15, -0.1) is 0 Å². The minimum atomic E-state index is -0.489. The molecular formula is C14H19F2N. The summed E-state index contributed by atoms with van der Waals surface area (Å²) in [7, 11) is 1.91. The van der Waals surface area contributed by atoms with Crippen molar-refractivity contribution in [3.63, 3.8) is 0 Å². The standard InChI is InChI=1S/C14H19F2N/c1-17-14(5-4-10-2-3-10)8-11-6-12(15)9-13(16)7-11/h6-7,9-10,14,17H,2-5,8H2,1H3. The molecule has 0 spiro atoms. The van der Waals surface area contributed by atoms with Crippen LogP contribution in [0.5, 0.6) is 0 Å². The molecule has 17 heavy (non-hydrogen) atoms. The summed E-state index contributed by atoms with van der Waals surface area (Å²) >= 11 is 0. The Labute approximate surface area is 101 Å². The topological polar surface area (TPSA) is 12.0 Å². The quantitative estimate of drug-likeness (QED) is 0.803. The predicted molar refractivity (Wildman–Crippen MR) is 64.9 cm³/mol. The van der Waals surface area contributed by atoms with E-state index in [1.807, 2.05) is 7.05 Å².